The number of anilines is 1. The second-order valence-corrected chi connectivity index (χ2v) is 6.38. The highest BCUT2D eigenvalue weighted by molar-refractivity contribution is 5.61. The Morgan fingerprint density at radius 1 is 0.882 bits per heavy atom. The van der Waals surface area contributed by atoms with Crippen LogP contribution >= 0.6 is 0 Å². The van der Waals surface area contributed by atoms with Crippen molar-refractivity contribution in [2.75, 3.05) is 4.90 Å². The predicted molar refractivity (Wildman–Crippen MR) is 77.9 cm³/mol. The van der Waals surface area contributed by atoms with Gasteiger partial charge in [0.2, 0.25) is 0 Å². The Morgan fingerprint density at radius 3 is 1.59 bits per heavy atom. The summed E-state index contributed by atoms with van der Waals surface area (Å²) in [5.41, 5.74) is -0.432. The van der Waals surface area contributed by atoms with Gasteiger partial charge >= 0.3 is 0 Å². The van der Waals surface area contributed by atoms with Gasteiger partial charge in [-0.2, -0.15) is 0 Å². The monoisotopic (exact) mass is 239 g/mol. The third kappa shape index (κ3) is 3.02. The Balaban J connectivity index is 3.91. The van der Waals surface area contributed by atoms with Crippen molar-refractivity contribution >= 4 is 5.69 Å². The molecule has 96 valence electrons. The number of hydrogen-bond acceptors (Lipinski definition) is 1. The molecule has 1 aromatic rings. The van der Waals surface area contributed by atoms with Gasteiger partial charge in [0.15, 0.2) is 0 Å². The third-order valence-corrected chi connectivity index (χ3v) is 2.60. The number of rotatable bonds is 1. The molecule has 0 aliphatic rings. The fraction of sp³-hybridized carbons (Fsp3) is 0.625. The van der Waals surface area contributed by atoms with Gasteiger partial charge in [0.1, 0.15) is 0 Å². The molecular formula is C16H27N. The van der Waals surface area contributed by atoms with Crippen LogP contribution in [0.15, 0.2) is 18.2 Å². The summed E-state index contributed by atoms with van der Waals surface area (Å²) in [6, 6.07) is 4.51. The van der Waals surface area contributed by atoms with Gasteiger partial charge in [-0.05, 0) is 66.4 Å². The lowest BCUT2D eigenvalue weighted by molar-refractivity contribution is 0.379. The highest BCUT2D eigenvalue weighted by Crippen LogP contribution is 2.36. The van der Waals surface area contributed by atoms with Crippen LogP contribution in [-0.4, -0.2) is 11.1 Å². The Labute approximate surface area is 115 Å². The summed E-state index contributed by atoms with van der Waals surface area (Å²) in [7, 11) is 0. The van der Waals surface area contributed by atoms with Crippen molar-refractivity contribution in [1.29, 1.82) is 0 Å². The van der Waals surface area contributed by atoms with Crippen molar-refractivity contribution in [3.8, 4) is 0 Å². The molecule has 0 amide bonds. The van der Waals surface area contributed by atoms with E-state index < -0.39 is 24.8 Å². The molecular weight excluding hydrogens is 206 g/mol. The highest BCUT2D eigenvalue weighted by atomic mass is 15.2. The molecule has 1 heteroatoms. The fourth-order valence-corrected chi connectivity index (χ4v) is 2.46. The van der Waals surface area contributed by atoms with Gasteiger partial charge in [-0.3, -0.25) is 0 Å². The summed E-state index contributed by atoms with van der Waals surface area (Å²) in [6.07, 6.45) is 0. The molecule has 0 unspecified atom stereocenters. The molecule has 0 aromatic heterocycles. The largest absolute Gasteiger partial charge is 0.361 e. The highest BCUT2D eigenvalue weighted by Gasteiger charge is 2.33. The SMILES string of the molecule is [2H]C([2H])([2H])c1cccc(C([2H])([2H])[2H])c1N(C(C)(C)C)C(C)(C)C. The van der Waals surface area contributed by atoms with Crippen molar-refractivity contribution in [2.45, 2.75) is 66.3 Å². The quantitative estimate of drug-likeness (QED) is 0.686. The lowest BCUT2D eigenvalue weighted by atomic mass is 9.92. The molecule has 0 atom stereocenters. The van der Waals surface area contributed by atoms with Crippen molar-refractivity contribution in [3.05, 3.63) is 29.3 Å². The Morgan fingerprint density at radius 2 is 1.29 bits per heavy atom. The van der Waals surface area contributed by atoms with Crippen molar-refractivity contribution in [2.24, 2.45) is 0 Å². The number of para-hydroxylation sites is 1. The van der Waals surface area contributed by atoms with Gasteiger partial charge in [-0.25, -0.2) is 0 Å². The second kappa shape index (κ2) is 4.36. The van der Waals surface area contributed by atoms with Crippen molar-refractivity contribution < 1.29 is 8.22 Å². The minimum Gasteiger partial charge on any atom is -0.361 e. The van der Waals surface area contributed by atoms with Gasteiger partial charge in [0.25, 0.3) is 0 Å². The van der Waals surface area contributed by atoms with Crippen LogP contribution in [0, 0.1) is 13.7 Å². The first kappa shape index (κ1) is 7.45. The summed E-state index contributed by atoms with van der Waals surface area (Å²) < 4.78 is 47.0. The molecule has 0 N–H and O–H groups in total. The number of aryl methyl sites for hydroxylation is 2. The van der Waals surface area contributed by atoms with E-state index >= 15 is 0 Å². The minimum absolute atomic E-state index is 0.0796. The van der Waals surface area contributed by atoms with E-state index in [-0.39, 0.29) is 11.1 Å². The summed E-state index contributed by atoms with van der Waals surface area (Å²) in [4.78, 5) is 1.91. The second-order valence-electron chi connectivity index (χ2n) is 6.38. The Bertz CT molecular complexity index is 512. The first-order valence-electron chi connectivity index (χ1n) is 8.91. The number of nitrogens with zero attached hydrogens (tertiary/aromatic N) is 1. The molecule has 0 bridgehead atoms. The van der Waals surface area contributed by atoms with Crippen LogP contribution in [0.4, 0.5) is 5.69 Å². The molecule has 1 nitrogen and oxygen atoms in total. The molecule has 0 heterocycles. The smallest absolute Gasteiger partial charge is 0.0434 e. The van der Waals surface area contributed by atoms with Crippen LogP contribution in [0.5, 0.6) is 0 Å². The van der Waals surface area contributed by atoms with E-state index in [1.165, 1.54) is 18.2 Å². The lowest BCUT2D eigenvalue weighted by Crippen LogP contribution is -2.53. The van der Waals surface area contributed by atoms with E-state index in [0.717, 1.165) is 0 Å². The van der Waals surface area contributed by atoms with Crippen LogP contribution in [0.2, 0.25) is 0 Å². The standard InChI is InChI=1S/C16H27N/c1-12-10-9-11-13(2)14(12)17(15(3,4)5)16(6,7)8/h9-11H,1-8H3/i1D3,2D3. The average molecular weight is 239 g/mol. The zero-order chi connectivity index (χ0) is 18.4. The van der Waals surface area contributed by atoms with E-state index in [4.69, 9.17) is 8.22 Å². The zero-order valence-corrected chi connectivity index (χ0v) is 11.7. The van der Waals surface area contributed by atoms with Crippen LogP contribution in [0.25, 0.3) is 0 Å². The van der Waals surface area contributed by atoms with E-state index in [1.807, 2.05) is 46.4 Å². The van der Waals surface area contributed by atoms with Crippen LogP contribution < -0.4 is 4.90 Å². The van der Waals surface area contributed by atoms with Crippen LogP contribution in [-0.2, 0) is 0 Å². The first-order chi connectivity index (χ1) is 9.97. The fourth-order valence-electron chi connectivity index (χ4n) is 2.46. The summed E-state index contributed by atoms with van der Waals surface area (Å²) in [6.45, 7) is 6.97. The molecule has 0 saturated heterocycles. The van der Waals surface area contributed by atoms with Gasteiger partial charge < -0.3 is 4.90 Å². The number of hydrogen-bond donors (Lipinski definition) is 0. The summed E-state index contributed by atoms with van der Waals surface area (Å²) in [5.74, 6) is 0. The maximum Gasteiger partial charge on any atom is 0.0434 e. The number of benzene rings is 1. The first-order valence-corrected chi connectivity index (χ1v) is 5.91. The molecule has 0 spiro atoms. The topological polar surface area (TPSA) is 3.24 Å². The summed E-state index contributed by atoms with van der Waals surface area (Å²) in [5, 5.41) is 0. The van der Waals surface area contributed by atoms with E-state index in [2.05, 4.69) is 0 Å². The maximum absolute atomic E-state index is 7.84. The summed E-state index contributed by atoms with van der Waals surface area (Å²) >= 11 is 0. The molecule has 0 saturated carbocycles. The van der Waals surface area contributed by atoms with E-state index in [1.54, 1.807) is 0 Å². The molecule has 17 heavy (non-hydrogen) atoms. The lowest BCUT2D eigenvalue weighted by Gasteiger charge is -2.48. The molecule has 1 aromatic carbocycles. The maximum atomic E-state index is 7.84. The van der Waals surface area contributed by atoms with Gasteiger partial charge in [0, 0.05) is 25.0 Å². The van der Waals surface area contributed by atoms with Gasteiger partial charge in [-0.15, -0.1) is 0 Å². The normalized spacial score (nSPS) is 19.4. The van der Waals surface area contributed by atoms with Crippen LogP contribution in [0.3, 0.4) is 0 Å². The molecule has 0 aliphatic heterocycles. The van der Waals surface area contributed by atoms with Crippen molar-refractivity contribution in [3.63, 3.8) is 0 Å². The van der Waals surface area contributed by atoms with Crippen molar-refractivity contribution in [1.82, 2.24) is 0 Å². The third-order valence-electron chi connectivity index (χ3n) is 2.60. The predicted octanol–water partition coefficient (Wildman–Crippen LogP) is 4.71. The van der Waals surface area contributed by atoms with Crippen LogP contribution in [0.1, 0.15) is 60.9 Å². The average Bonchev–Trinajstić information content (AvgIpc) is 2.21. The molecule has 0 radical (unpaired) electrons. The minimum atomic E-state index is -2.38. The Hall–Kier alpha value is -0.980. The van der Waals surface area contributed by atoms with Gasteiger partial charge in [0.05, 0.1) is 0 Å². The van der Waals surface area contributed by atoms with E-state index in [0.29, 0.717) is 5.69 Å². The van der Waals surface area contributed by atoms with E-state index in [9.17, 15) is 0 Å². The molecule has 1 rings (SSSR count). The van der Waals surface area contributed by atoms with Gasteiger partial charge in [-0.1, -0.05) is 18.2 Å². The molecule has 0 fully saturated rings. The Kier molecular flexibility index (Phi) is 1.91. The zero-order valence-electron chi connectivity index (χ0n) is 17.7. The molecule has 0 aliphatic carbocycles.